The van der Waals surface area contributed by atoms with E-state index in [2.05, 4.69) is 44.2 Å². The monoisotopic (exact) mass is 1290 g/mol. The molecule has 0 saturated carbocycles. The number of nitrogens with zero attached hydrogens (tertiary/aromatic N) is 4. The number of rotatable bonds is 6. The van der Waals surface area contributed by atoms with Crippen LogP contribution >= 0.6 is 37.7 Å². The molecular weight excluding hydrogens is 1240 g/mol. The van der Waals surface area contributed by atoms with Gasteiger partial charge in [0.25, 0.3) is 0 Å². The Morgan fingerprint density at radius 3 is 1.08 bits per heavy atom. The Labute approximate surface area is 391 Å². The molecule has 0 amide bonds. The molecule has 4 heterocycles. The molecule has 1 aliphatic carbocycles. The van der Waals surface area contributed by atoms with Gasteiger partial charge in [0, 0.05) is 67.6 Å². The number of fused-ring (bicyclic) bond motifs is 6. The zero-order valence-electron chi connectivity index (χ0n) is 34.1. The van der Waals surface area contributed by atoms with Crippen molar-refractivity contribution in [3.8, 4) is 0 Å². The quantitative estimate of drug-likeness (QED) is 0.0548. The number of benzene rings is 2. The van der Waals surface area contributed by atoms with Crippen molar-refractivity contribution < 1.29 is 59.3 Å². The van der Waals surface area contributed by atoms with Crippen LogP contribution in [0.15, 0.2) is 97.6 Å². The van der Waals surface area contributed by atoms with Gasteiger partial charge in [0.1, 0.15) is 0 Å². The predicted octanol–water partition coefficient (Wildman–Crippen LogP) is 15.9. The van der Waals surface area contributed by atoms with E-state index >= 15 is 0 Å². The number of pyridine rings is 4. The van der Waals surface area contributed by atoms with Gasteiger partial charge in [-0.25, -0.2) is 0 Å². The van der Waals surface area contributed by atoms with E-state index < -0.39 is 58.2 Å². The van der Waals surface area contributed by atoms with Crippen molar-refractivity contribution in [1.29, 1.82) is 0 Å². The SMILES string of the molecule is C1=CCC/C=C\CC1.Cc1ccnc2c1ccc1c(CCCC(F)(F)F)ccnc12.Cc1ccnc2c1ccc1c(CCCC(F)(F)F)ccnc12.[B].[CH3-].[CH3-].[Cl][Pt+2][Cl].[Cl][Pt][Cl]. The number of aryl methyl sites for hydroxylation is 4. The normalized spacial score (nSPS) is 12.7. The summed E-state index contributed by atoms with van der Waals surface area (Å²) < 4.78 is 73.8. The maximum absolute atomic E-state index is 12.3. The average molecular weight is 1290 g/mol. The molecule has 4 nitrogen and oxygen atoms in total. The summed E-state index contributed by atoms with van der Waals surface area (Å²) in [5, 5.41) is 3.82. The van der Waals surface area contributed by atoms with Gasteiger partial charge in [-0.3, -0.25) is 19.9 Å². The number of halogens is 10. The summed E-state index contributed by atoms with van der Waals surface area (Å²) in [4.78, 5) is 17.5. The van der Waals surface area contributed by atoms with Crippen molar-refractivity contribution in [3.63, 3.8) is 0 Å². The van der Waals surface area contributed by atoms with Crippen molar-refractivity contribution in [3.05, 3.63) is 135 Å². The molecular formula is C44H48BCl4F6N4Pt2. The molecule has 4 aromatic heterocycles. The van der Waals surface area contributed by atoms with Gasteiger partial charge >= 0.3 is 83.0 Å². The molecule has 3 radical (unpaired) electrons. The van der Waals surface area contributed by atoms with E-state index in [1.807, 2.05) is 50.2 Å². The Morgan fingerprint density at radius 2 is 0.787 bits per heavy atom. The predicted molar refractivity (Wildman–Crippen MR) is 240 cm³/mol. The van der Waals surface area contributed by atoms with Crippen molar-refractivity contribution in [2.45, 2.75) is 90.4 Å². The van der Waals surface area contributed by atoms with E-state index in [4.69, 9.17) is 37.7 Å². The summed E-state index contributed by atoms with van der Waals surface area (Å²) in [6, 6.07) is 15.2. The van der Waals surface area contributed by atoms with Gasteiger partial charge < -0.3 is 14.9 Å². The fourth-order valence-electron chi connectivity index (χ4n) is 6.30. The van der Waals surface area contributed by atoms with Crippen LogP contribution in [0.3, 0.4) is 0 Å². The Hall–Kier alpha value is -2.26. The van der Waals surface area contributed by atoms with Crippen molar-refractivity contribution in [2.75, 3.05) is 0 Å². The minimum absolute atomic E-state index is 0. The van der Waals surface area contributed by atoms with Crippen molar-refractivity contribution in [2.24, 2.45) is 0 Å². The van der Waals surface area contributed by atoms with Crippen molar-refractivity contribution in [1.82, 2.24) is 19.9 Å². The fraction of sp³-hybridized carbons (Fsp3) is 0.318. The molecule has 0 atom stereocenters. The number of hydrogen-bond acceptors (Lipinski definition) is 4. The number of hydrogen-bond donors (Lipinski definition) is 0. The van der Waals surface area contributed by atoms with Gasteiger partial charge in [-0.2, -0.15) is 26.3 Å². The summed E-state index contributed by atoms with van der Waals surface area (Å²) in [6.07, 6.45) is 12.0. The molecule has 337 valence electrons. The third-order valence-electron chi connectivity index (χ3n) is 9.01. The molecule has 0 bridgehead atoms. The molecule has 17 heteroatoms. The fourth-order valence-corrected chi connectivity index (χ4v) is 6.30. The molecule has 0 aliphatic heterocycles. The van der Waals surface area contributed by atoms with Crippen LogP contribution in [0.25, 0.3) is 43.6 Å². The first-order valence-corrected chi connectivity index (χ1v) is 29.3. The van der Waals surface area contributed by atoms with E-state index in [0.29, 0.717) is 12.8 Å². The van der Waals surface area contributed by atoms with Crippen LogP contribution in [0.5, 0.6) is 0 Å². The van der Waals surface area contributed by atoms with Crippen LogP contribution < -0.4 is 0 Å². The molecule has 2 aromatic carbocycles. The van der Waals surface area contributed by atoms with E-state index in [9.17, 15) is 26.3 Å². The Kier molecular flexibility index (Phi) is 29.6. The molecule has 0 N–H and O–H groups in total. The first-order chi connectivity index (χ1) is 27.7. The summed E-state index contributed by atoms with van der Waals surface area (Å²) >= 11 is -0.944. The maximum atomic E-state index is 12.3. The van der Waals surface area contributed by atoms with Crippen LogP contribution in [-0.2, 0) is 45.8 Å². The molecule has 0 fully saturated rings. The summed E-state index contributed by atoms with van der Waals surface area (Å²) in [5.74, 6) is 0. The zero-order valence-corrected chi connectivity index (χ0v) is 41.7. The average Bonchev–Trinajstić information content (AvgIpc) is 3.15. The zero-order chi connectivity index (χ0) is 42.6. The molecule has 61 heavy (non-hydrogen) atoms. The van der Waals surface area contributed by atoms with Crippen LogP contribution in [0.2, 0.25) is 0 Å². The Morgan fingerprint density at radius 1 is 0.525 bits per heavy atom. The molecule has 0 unspecified atom stereocenters. The van der Waals surface area contributed by atoms with Crippen LogP contribution in [0, 0.1) is 28.7 Å². The number of alkyl halides is 6. The van der Waals surface area contributed by atoms with E-state index in [0.717, 1.165) is 65.9 Å². The van der Waals surface area contributed by atoms with Gasteiger partial charge in [0.15, 0.2) is 0 Å². The Balaban J connectivity index is 0.000000870. The van der Waals surface area contributed by atoms with Gasteiger partial charge in [-0.1, -0.05) is 48.6 Å². The summed E-state index contributed by atoms with van der Waals surface area (Å²) in [7, 11) is 19.5. The Bertz CT molecular complexity index is 2080. The first-order valence-electron chi connectivity index (χ1n) is 18.1. The van der Waals surface area contributed by atoms with Gasteiger partial charge in [-0.15, -0.1) is 0 Å². The second-order valence-corrected chi connectivity index (χ2v) is 19.6. The van der Waals surface area contributed by atoms with Crippen LogP contribution in [0.1, 0.15) is 73.6 Å². The molecule has 7 rings (SSSR count). The number of aromatic nitrogens is 4. The van der Waals surface area contributed by atoms with E-state index in [-0.39, 0.29) is 36.1 Å². The van der Waals surface area contributed by atoms with Crippen LogP contribution in [-0.4, -0.2) is 40.7 Å². The second-order valence-electron chi connectivity index (χ2n) is 13.0. The molecule has 1 aliphatic rings. The van der Waals surface area contributed by atoms with Gasteiger partial charge in [0.2, 0.25) is 0 Å². The van der Waals surface area contributed by atoms with Gasteiger partial charge in [0.05, 0.1) is 22.1 Å². The molecule has 0 saturated heterocycles. The molecule has 6 aromatic rings. The minimum atomic E-state index is -4.10. The third-order valence-corrected chi connectivity index (χ3v) is 9.01. The van der Waals surface area contributed by atoms with E-state index in [1.54, 1.807) is 36.9 Å². The summed E-state index contributed by atoms with van der Waals surface area (Å²) in [6.45, 7) is 4.01. The van der Waals surface area contributed by atoms with Crippen molar-refractivity contribution >= 4 is 89.7 Å². The van der Waals surface area contributed by atoms with Gasteiger partial charge in [-0.05, 0) is 112 Å². The number of allylic oxidation sites excluding steroid dienone is 4. The third kappa shape index (κ3) is 20.4. The van der Waals surface area contributed by atoms with E-state index in [1.165, 1.54) is 25.7 Å². The second kappa shape index (κ2) is 30.8. The first kappa shape index (κ1) is 58.7. The summed E-state index contributed by atoms with van der Waals surface area (Å²) in [5.41, 5.74) is 7.10. The standard InChI is InChI=1S/2C17H15F3N2.C8H12.2CH3.B.4ClH.2Pt/c2*1-11-6-9-21-15-13(11)4-5-14-12(7-10-22-16(14)15)3-2-8-17(18,19)20;1-2-4-6-8-7-5-3-1;;;;;;;;;/h2*4-7,9-10H,2-3,8H2,1H3;1-2,7-8H,3-6H2;2*1H3;;4*1H;;/q;;;2*-1;;;;;;+2;+4/p-4/b;;2-1-,8-7?;;;;;;;;;. The molecule has 0 spiro atoms. The topological polar surface area (TPSA) is 51.6 Å². The van der Waals surface area contributed by atoms with Crippen LogP contribution in [0.4, 0.5) is 26.3 Å².